The number of ether oxygens (including phenoxy) is 1. The Hall–Kier alpha value is -0.410. The van der Waals surface area contributed by atoms with E-state index in [1.165, 1.54) is 6.07 Å². The fourth-order valence-corrected chi connectivity index (χ4v) is 4.17. The molecule has 114 valence electrons. The van der Waals surface area contributed by atoms with Crippen molar-refractivity contribution in [3.05, 3.63) is 16.5 Å². The maximum Gasteiger partial charge on any atom is 0.244 e. The zero-order valence-electron chi connectivity index (χ0n) is 11.3. The standard InChI is InChI=1S/C12H19BrN2O4S/c1-18-5-4-12(2-3-12)8-15-20(16,17)10-6-9(7-14)19-11(10)13/h6,15H,2-5,7-8,14H2,1H3. The lowest BCUT2D eigenvalue weighted by Gasteiger charge is -2.15. The van der Waals surface area contributed by atoms with Crippen LogP contribution >= 0.6 is 15.9 Å². The summed E-state index contributed by atoms with van der Waals surface area (Å²) in [6.45, 7) is 1.23. The number of nitrogens with two attached hydrogens (primary N) is 1. The second-order valence-corrected chi connectivity index (χ2v) is 7.58. The first-order valence-electron chi connectivity index (χ1n) is 6.39. The van der Waals surface area contributed by atoms with Gasteiger partial charge in [0.15, 0.2) is 4.67 Å². The van der Waals surface area contributed by atoms with E-state index < -0.39 is 10.0 Å². The van der Waals surface area contributed by atoms with E-state index in [1.807, 2.05) is 0 Å². The second kappa shape index (κ2) is 6.15. The zero-order valence-corrected chi connectivity index (χ0v) is 13.7. The summed E-state index contributed by atoms with van der Waals surface area (Å²) in [7, 11) is -1.94. The van der Waals surface area contributed by atoms with Crippen molar-refractivity contribution in [1.29, 1.82) is 0 Å². The smallest absolute Gasteiger partial charge is 0.244 e. The van der Waals surface area contributed by atoms with Gasteiger partial charge in [-0.25, -0.2) is 13.1 Å². The van der Waals surface area contributed by atoms with Gasteiger partial charge in [-0.15, -0.1) is 0 Å². The Labute approximate surface area is 127 Å². The molecular formula is C12H19BrN2O4S. The number of sulfonamides is 1. The third-order valence-corrected chi connectivity index (χ3v) is 5.89. The molecule has 0 bridgehead atoms. The van der Waals surface area contributed by atoms with E-state index in [0.29, 0.717) is 18.9 Å². The highest BCUT2D eigenvalue weighted by Crippen LogP contribution is 2.48. The Bertz CT molecular complexity index is 566. The quantitative estimate of drug-likeness (QED) is 0.728. The molecule has 1 aliphatic carbocycles. The summed E-state index contributed by atoms with van der Waals surface area (Å²) in [4.78, 5) is 0.0977. The van der Waals surface area contributed by atoms with Crippen LogP contribution in [0.3, 0.4) is 0 Å². The topological polar surface area (TPSA) is 94.6 Å². The molecule has 1 aromatic heterocycles. The van der Waals surface area contributed by atoms with Gasteiger partial charge in [0.05, 0.1) is 6.54 Å². The molecule has 0 saturated heterocycles. The van der Waals surface area contributed by atoms with E-state index in [0.717, 1.165) is 19.3 Å². The zero-order chi connectivity index (χ0) is 14.8. The van der Waals surface area contributed by atoms with Gasteiger partial charge in [-0.3, -0.25) is 0 Å². The van der Waals surface area contributed by atoms with E-state index in [-0.39, 0.29) is 21.5 Å². The summed E-state index contributed by atoms with van der Waals surface area (Å²) in [5.41, 5.74) is 5.49. The van der Waals surface area contributed by atoms with Crippen LogP contribution < -0.4 is 10.5 Å². The molecule has 3 N–H and O–H groups in total. The van der Waals surface area contributed by atoms with Crippen molar-refractivity contribution in [2.75, 3.05) is 20.3 Å². The van der Waals surface area contributed by atoms with Gasteiger partial charge in [-0.05, 0) is 40.6 Å². The van der Waals surface area contributed by atoms with Crippen LogP contribution in [0.4, 0.5) is 0 Å². The fraction of sp³-hybridized carbons (Fsp3) is 0.667. The van der Waals surface area contributed by atoms with Crippen LogP contribution in [0.5, 0.6) is 0 Å². The fourth-order valence-electron chi connectivity index (χ4n) is 2.02. The number of rotatable bonds is 8. The van der Waals surface area contributed by atoms with Gasteiger partial charge in [0, 0.05) is 26.3 Å². The first-order chi connectivity index (χ1) is 9.42. The lowest BCUT2D eigenvalue weighted by Crippen LogP contribution is -2.30. The van der Waals surface area contributed by atoms with Crippen LogP contribution in [0, 0.1) is 5.41 Å². The molecule has 0 spiro atoms. The molecule has 0 amide bonds. The van der Waals surface area contributed by atoms with Crippen molar-refractivity contribution in [3.8, 4) is 0 Å². The van der Waals surface area contributed by atoms with Gasteiger partial charge >= 0.3 is 0 Å². The first kappa shape index (κ1) is 16.0. The molecule has 0 radical (unpaired) electrons. The Morgan fingerprint density at radius 1 is 1.55 bits per heavy atom. The van der Waals surface area contributed by atoms with Gasteiger partial charge < -0.3 is 14.9 Å². The van der Waals surface area contributed by atoms with Crippen molar-refractivity contribution >= 4 is 26.0 Å². The molecule has 8 heteroatoms. The minimum absolute atomic E-state index is 0.0516. The molecule has 0 aromatic carbocycles. The van der Waals surface area contributed by atoms with E-state index >= 15 is 0 Å². The van der Waals surface area contributed by atoms with Gasteiger partial charge in [0.2, 0.25) is 10.0 Å². The Morgan fingerprint density at radius 2 is 2.25 bits per heavy atom. The summed E-state index contributed by atoms with van der Waals surface area (Å²) >= 11 is 3.11. The third kappa shape index (κ3) is 3.62. The molecule has 1 heterocycles. The summed E-state index contributed by atoms with van der Waals surface area (Å²) in [5.74, 6) is 0.428. The highest BCUT2D eigenvalue weighted by atomic mass is 79.9. The minimum atomic E-state index is -3.59. The molecule has 0 aliphatic heterocycles. The molecule has 1 aliphatic rings. The van der Waals surface area contributed by atoms with Crippen LogP contribution in [-0.4, -0.2) is 28.7 Å². The lowest BCUT2D eigenvalue weighted by atomic mass is 10.0. The molecule has 1 saturated carbocycles. The number of halogens is 1. The van der Waals surface area contributed by atoms with E-state index in [4.69, 9.17) is 14.9 Å². The Balaban J connectivity index is 2.02. The highest BCUT2D eigenvalue weighted by Gasteiger charge is 2.42. The predicted octanol–water partition coefficient (Wildman–Crippen LogP) is 1.60. The number of hydrogen-bond acceptors (Lipinski definition) is 5. The Kier molecular flexibility index (Phi) is 4.91. The van der Waals surface area contributed by atoms with E-state index in [9.17, 15) is 8.42 Å². The SMILES string of the molecule is COCCC1(CNS(=O)(=O)c2cc(CN)oc2Br)CC1. The van der Waals surface area contributed by atoms with Crippen molar-refractivity contribution < 1.29 is 17.6 Å². The summed E-state index contributed by atoms with van der Waals surface area (Å²) in [6.07, 6.45) is 2.92. The molecule has 1 fully saturated rings. The maximum atomic E-state index is 12.3. The molecule has 1 aromatic rings. The number of hydrogen-bond donors (Lipinski definition) is 2. The normalized spacial score (nSPS) is 17.4. The van der Waals surface area contributed by atoms with Gasteiger partial charge in [0.25, 0.3) is 0 Å². The van der Waals surface area contributed by atoms with Crippen molar-refractivity contribution in [2.24, 2.45) is 11.1 Å². The third-order valence-electron chi connectivity index (χ3n) is 3.63. The Morgan fingerprint density at radius 3 is 2.75 bits per heavy atom. The first-order valence-corrected chi connectivity index (χ1v) is 8.67. The second-order valence-electron chi connectivity index (χ2n) is 5.12. The van der Waals surface area contributed by atoms with Crippen LogP contribution in [0.25, 0.3) is 0 Å². The van der Waals surface area contributed by atoms with Gasteiger partial charge in [-0.2, -0.15) is 0 Å². The molecular weight excluding hydrogens is 348 g/mol. The molecule has 20 heavy (non-hydrogen) atoms. The largest absolute Gasteiger partial charge is 0.452 e. The molecule has 0 atom stereocenters. The van der Waals surface area contributed by atoms with Crippen LogP contribution in [0.1, 0.15) is 25.0 Å². The van der Waals surface area contributed by atoms with Crippen molar-refractivity contribution in [3.63, 3.8) is 0 Å². The van der Waals surface area contributed by atoms with E-state index in [2.05, 4.69) is 20.7 Å². The monoisotopic (exact) mass is 366 g/mol. The summed E-state index contributed by atoms with van der Waals surface area (Å²) < 4.78 is 37.6. The maximum absolute atomic E-state index is 12.3. The van der Waals surface area contributed by atoms with Crippen molar-refractivity contribution in [2.45, 2.75) is 30.7 Å². The van der Waals surface area contributed by atoms with E-state index in [1.54, 1.807) is 7.11 Å². The molecule has 0 unspecified atom stereocenters. The summed E-state index contributed by atoms with van der Waals surface area (Å²) in [5, 5.41) is 0. The number of nitrogens with one attached hydrogen (secondary N) is 1. The lowest BCUT2D eigenvalue weighted by molar-refractivity contribution is 0.173. The average Bonchev–Trinajstić information content (AvgIpc) is 3.09. The van der Waals surface area contributed by atoms with Crippen molar-refractivity contribution in [1.82, 2.24) is 4.72 Å². The minimum Gasteiger partial charge on any atom is -0.452 e. The highest BCUT2D eigenvalue weighted by molar-refractivity contribution is 9.10. The van der Waals surface area contributed by atoms with Gasteiger partial charge in [0.1, 0.15) is 10.7 Å². The van der Waals surface area contributed by atoms with Crippen LogP contribution in [0.2, 0.25) is 0 Å². The average molecular weight is 367 g/mol. The van der Waals surface area contributed by atoms with Crippen LogP contribution in [-0.2, 0) is 21.3 Å². The summed E-state index contributed by atoms with van der Waals surface area (Å²) in [6, 6.07) is 1.45. The molecule has 2 rings (SSSR count). The predicted molar refractivity (Wildman–Crippen MR) is 77.6 cm³/mol. The molecule has 6 nitrogen and oxygen atoms in total. The number of furan rings is 1. The van der Waals surface area contributed by atoms with Gasteiger partial charge in [-0.1, -0.05) is 0 Å². The van der Waals surface area contributed by atoms with Crippen LogP contribution in [0.15, 0.2) is 20.0 Å². The number of methoxy groups -OCH3 is 1.